The third-order valence-electron chi connectivity index (χ3n) is 18.5. The first-order chi connectivity index (χ1) is 53.8. The SMILES string of the molecule is C.C=C[C@@H]1C[C@]1(N)C(=O)OCC.C=C[C@@H]1C[C@]1(NC(=O)[C@@H]1C[C@H](O)CN1C(=O)[C@H](NC(=O)OC(C)(C)C)C(C)(C)C)C(=O)OCC.CC(C)(C)OC(=O)NC(C(=O)O)C(C)(C)C.CC(C)(C)OC(=O)N[C@@H](C(=O)N1C[C@@H](O)C[C@H]1C(=O)O)C(C)(C)C.COC(=O)[C@@H]1C[C@H](O)CN1C(=O)[C@H](NC(=O)OC(C)(C)C)C(C)(C)C.Cl.Cl.O=C(O)[C@@H]1C[C@H](O)CN1. The lowest BCUT2D eigenvalue weighted by Gasteiger charge is -2.36. The number of nitrogens with zero attached hydrogens (tertiary/aromatic N) is 3. The van der Waals surface area contributed by atoms with E-state index in [1.54, 1.807) is 192 Å². The highest BCUT2D eigenvalue weighted by atomic mass is 35.5. The van der Waals surface area contributed by atoms with Gasteiger partial charge in [0.15, 0.2) is 0 Å². The molecule has 4 aliphatic heterocycles. The van der Waals surface area contributed by atoms with E-state index in [-0.39, 0.29) is 95.5 Å². The Kier molecular flexibility index (Phi) is 46.0. The van der Waals surface area contributed by atoms with Crippen molar-refractivity contribution < 1.29 is 136 Å². The Hall–Kier alpha value is -8.40. The first kappa shape index (κ1) is 118. The van der Waals surface area contributed by atoms with Crippen LogP contribution in [0.2, 0.25) is 0 Å². The lowest BCUT2D eigenvalue weighted by Crippen LogP contribution is -2.59. The van der Waals surface area contributed by atoms with Crippen LogP contribution < -0.4 is 37.6 Å². The lowest BCUT2D eigenvalue weighted by molar-refractivity contribution is -0.152. The van der Waals surface area contributed by atoms with Gasteiger partial charge in [0.2, 0.25) is 23.6 Å². The number of rotatable bonds is 19. The number of aliphatic hydroxyl groups excluding tert-OH is 4. The minimum atomic E-state index is -1.21. The van der Waals surface area contributed by atoms with Crippen LogP contribution in [0.3, 0.4) is 0 Å². The minimum Gasteiger partial charge on any atom is -0.480 e. The number of esters is 3. The number of β-amino-alcohol motifs (C(OH)–C–C–N with tert-alkyl or cyclic N) is 4. The van der Waals surface area contributed by atoms with Crippen molar-refractivity contribution in [3.05, 3.63) is 25.3 Å². The zero-order chi connectivity index (χ0) is 93.0. The van der Waals surface area contributed by atoms with Gasteiger partial charge < -0.3 is 121 Å². The van der Waals surface area contributed by atoms with Gasteiger partial charge in [-0.2, -0.15) is 0 Å². The van der Waals surface area contributed by atoms with E-state index in [1.807, 2.05) is 0 Å². The minimum absolute atomic E-state index is 0. The molecule has 0 aromatic heterocycles. The number of ether oxygens (including phenoxy) is 7. The Balaban J connectivity index is -0.00000145. The summed E-state index contributed by atoms with van der Waals surface area (Å²) in [6.45, 7) is 53.4. The Morgan fingerprint density at radius 3 is 1.02 bits per heavy atom. The fourth-order valence-electron chi connectivity index (χ4n) is 12.4. The molecular weight excluding hydrogens is 1640 g/mol. The molecule has 4 heterocycles. The lowest BCUT2D eigenvalue weighted by atomic mass is 9.85. The van der Waals surface area contributed by atoms with E-state index < -0.39 is 206 Å². The number of alkyl carbamates (subject to hydrolysis) is 4. The molecule has 1 unspecified atom stereocenters. The summed E-state index contributed by atoms with van der Waals surface area (Å²) in [5, 5.41) is 80.8. The predicted octanol–water partition coefficient (Wildman–Crippen LogP) is 6.28. The molecule has 122 heavy (non-hydrogen) atoms. The highest BCUT2D eigenvalue weighted by Gasteiger charge is 2.62. The van der Waals surface area contributed by atoms with Crippen molar-refractivity contribution in [2.45, 2.75) is 332 Å². The van der Waals surface area contributed by atoms with E-state index in [0.717, 1.165) is 4.90 Å². The van der Waals surface area contributed by atoms with Crippen LogP contribution in [-0.2, 0) is 81.1 Å². The van der Waals surface area contributed by atoms with Crippen LogP contribution >= 0.6 is 24.8 Å². The van der Waals surface area contributed by atoms with E-state index in [9.17, 15) is 87.5 Å². The standard InChI is InChI=1S/C24H39N3O7.C17H30N2O6.C16H28N2O6.C11H21NO4.C8H13NO2.C5H9NO3.CH4.2ClH/c1-9-14-12-24(14,20(31)33-10-2)26-18(29)16-11-15(28)13-27(16)19(30)17(22(3,4)5)25-21(32)34-23(6,7)8;1-16(2,3)12(18-15(23)25-17(4,5)6)13(21)19-9-10(20)8-11(19)14(22)24-7;1-15(2,3)11(17-14(23)24-16(4,5)6)12(20)18-8-9(19)7-10(18)13(21)22;1-10(2,3)7(8(13)14)12-9(15)16-11(4,5)6;1-3-6-5-8(6,9)7(10)11-4-2;7-3-1-4(5(8)9)6-2-3;;;/h9,14-17,28H,1,10-13H2,2-8H3,(H,25,32)(H,26,29);10-12,20H,8-9H2,1-7H3,(H,18,23);9-11,19H,7-8H2,1-6H3,(H,17,23)(H,21,22);7H,1-6H3,(H,12,15)(H,13,14);3,6H,1,4-5,9H2,2H3;3-4,6-7H,1-2H2,(H,8,9);1H4;2*1H/t14-,15+,16+,17+,24-;10-,11-,12-;9-,10-,11-;;6-,8-;3-,4-;;;/m100.10.../s1. The van der Waals surface area contributed by atoms with Gasteiger partial charge in [-0.3, -0.25) is 28.8 Å². The van der Waals surface area contributed by atoms with Crippen molar-refractivity contribution in [1.29, 1.82) is 0 Å². The summed E-state index contributed by atoms with van der Waals surface area (Å²) in [6, 6.07) is -7.38. The van der Waals surface area contributed by atoms with Gasteiger partial charge in [-0.25, -0.2) is 38.4 Å². The highest BCUT2D eigenvalue weighted by Crippen LogP contribution is 2.46. The van der Waals surface area contributed by atoms with Gasteiger partial charge in [-0.15, -0.1) is 38.0 Å². The zero-order valence-electron chi connectivity index (χ0n) is 75.6. The molecule has 0 aromatic rings. The van der Waals surface area contributed by atoms with E-state index in [0.29, 0.717) is 32.4 Å². The first-order valence-electron chi connectivity index (χ1n) is 39.6. The van der Waals surface area contributed by atoms with Crippen LogP contribution in [0.5, 0.6) is 0 Å². The average Bonchev–Trinajstić information content (AvgIpc) is 1.58. The molecule has 706 valence electrons. The van der Waals surface area contributed by atoms with Crippen molar-refractivity contribution in [2.75, 3.05) is 46.5 Å². The molecule has 16 atom stereocenters. The van der Waals surface area contributed by atoms with Gasteiger partial charge in [-0.1, -0.05) is 103 Å². The van der Waals surface area contributed by atoms with Crippen molar-refractivity contribution in [3.8, 4) is 0 Å². The molecule has 6 rings (SSSR count). The quantitative estimate of drug-likeness (QED) is 0.0384. The number of nitrogens with two attached hydrogens (primary N) is 1. The fourth-order valence-corrected chi connectivity index (χ4v) is 12.4. The summed E-state index contributed by atoms with van der Waals surface area (Å²) in [5.74, 6) is -6.81. The Bertz CT molecular complexity index is 3550. The molecule has 2 aliphatic carbocycles. The Labute approximate surface area is 731 Å². The van der Waals surface area contributed by atoms with Gasteiger partial charge in [-0.05, 0) is 131 Å². The number of hydrogen-bond donors (Lipinski definition) is 14. The van der Waals surface area contributed by atoms with E-state index >= 15 is 0 Å². The first-order valence-corrected chi connectivity index (χ1v) is 39.6. The summed E-state index contributed by atoms with van der Waals surface area (Å²) in [4.78, 5) is 172. The number of aliphatic carboxylic acids is 3. The fraction of sp³-hybridized carbons (Fsp3) is 0.780. The zero-order valence-corrected chi connectivity index (χ0v) is 77.2. The molecule has 8 amide bonds. The monoisotopic (exact) mass is 1790 g/mol. The molecule has 0 radical (unpaired) electrons. The normalized spacial score (nSPS) is 24.2. The number of methoxy groups -OCH3 is 1. The van der Waals surface area contributed by atoms with Crippen LogP contribution in [0, 0.1) is 33.5 Å². The molecule has 40 heteroatoms. The predicted molar refractivity (Wildman–Crippen MR) is 455 cm³/mol. The molecule has 0 bridgehead atoms. The van der Waals surface area contributed by atoms with Crippen LogP contribution in [0.15, 0.2) is 25.3 Å². The third-order valence-corrected chi connectivity index (χ3v) is 18.5. The Morgan fingerprint density at radius 1 is 0.459 bits per heavy atom. The molecular formula is C82H146Cl2N10O28. The number of carbonyl (C=O) groups is 14. The number of carbonyl (C=O) groups excluding carboxylic acids is 11. The molecule has 6 fully saturated rings. The van der Waals surface area contributed by atoms with Crippen LogP contribution in [0.1, 0.15) is 226 Å². The van der Waals surface area contributed by atoms with Gasteiger partial charge in [0.05, 0.1) is 44.7 Å². The number of aliphatic hydroxyl groups is 4. The van der Waals surface area contributed by atoms with E-state index in [2.05, 4.69) is 45.1 Å². The maximum atomic E-state index is 13.5. The van der Waals surface area contributed by atoms with Crippen LogP contribution in [-0.4, -0.2) is 287 Å². The van der Waals surface area contributed by atoms with E-state index in [1.165, 1.54) is 16.9 Å². The highest BCUT2D eigenvalue weighted by molar-refractivity contribution is 5.97. The number of amides is 8. The number of likely N-dealkylation sites (tertiary alicyclic amines) is 3. The van der Waals surface area contributed by atoms with Gasteiger partial charge >= 0.3 is 60.2 Å². The summed E-state index contributed by atoms with van der Waals surface area (Å²) in [5.41, 5.74) is -1.65. The van der Waals surface area contributed by atoms with Gasteiger partial charge in [0.25, 0.3) is 0 Å². The number of nitrogens with one attached hydrogen (secondary N) is 6. The number of carboxylic acid groups (broad SMARTS) is 3. The summed E-state index contributed by atoms with van der Waals surface area (Å²) >= 11 is 0. The molecule has 15 N–H and O–H groups in total. The van der Waals surface area contributed by atoms with Crippen molar-refractivity contribution >= 4 is 109 Å². The summed E-state index contributed by atoms with van der Waals surface area (Å²) < 4.78 is 35.4. The smallest absolute Gasteiger partial charge is 0.408 e. The maximum Gasteiger partial charge on any atom is 0.408 e. The number of halogens is 2. The maximum absolute atomic E-state index is 13.5. The second-order valence-corrected chi connectivity index (χ2v) is 38.4. The Morgan fingerprint density at radius 2 is 0.770 bits per heavy atom. The average molecular weight is 1790 g/mol. The molecule has 4 saturated heterocycles. The number of carboxylic acids is 3. The van der Waals surface area contributed by atoms with Crippen LogP contribution in [0.25, 0.3) is 0 Å². The third kappa shape index (κ3) is 38.8. The topological polar surface area (TPSA) is 553 Å². The van der Waals surface area contributed by atoms with Gasteiger partial charge in [0.1, 0.15) is 81.8 Å². The van der Waals surface area contributed by atoms with Crippen LogP contribution in [0.4, 0.5) is 19.2 Å². The van der Waals surface area contributed by atoms with Crippen molar-refractivity contribution in [1.82, 2.24) is 46.6 Å². The molecule has 2 saturated carbocycles. The largest absolute Gasteiger partial charge is 0.480 e. The summed E-state index contributed by atoms with van der Waals surface area (Å²) in [7, 11) is 1.23. The second-order valence-electron chi connectivity index (χ2n) is 38.4. The van der Waals surface area contributed by atoms with Crippen molar-refractivity contribution in [3.63, 3.8) is 0 Å². The van der Waals surface area contributed by atoms with Gasteiger partial charge in [0, 0.05) is 63.7 Å². The second kappa shape index (κ2) is 47.6. The summed E-state index contributed by atoms with van der Waals surface area (Å²) in [6.07, 6.45) is -1.28. The molecule has 0 aromatic carbocycles. The molecule has 6 aliphatic rings. The molecule has 0 spiro atoms. The van der Waals surface area contributed by atoms with E-state index in [4.69, 9.17) is 54.2 Å². The number of hydrogen-bond acceptors (Lipinski definition) is 27. The van der Waals surface area contributed by atoms with Crippen molar-refractivity contribution in [2.24, 2.45) is 39.2 Å². The molecule has 38 nitrogen and oxygen atoms in total.